The Morgan fingerprint density at radius 1 is 1.03 bits per heavy atom. The van der Waals surface area contributed by atoms with Gasteiger partial charge < -0.3 is 14.8 Å². The Labute approximate surface area is 170 Å². The van der Waals surface area contributed by atoms with Gasteiger partial charge in [-0.1, -0.05) is 48.5 Å². The van der Waals surface area contributed by atoms with Gasteiger partial charge in [0.15, 0.2) is 0 Å². The number of amides is 2. The summed E-state index contributed by atoms with van der Waals surface area (Å²) in [6.45, 7) is 6.26. The van der Waals surface area contributed by atoms with E-state index >= 15 is 0 Å². The van der Waals surface area contributed by atoms with Crippen LogP contribution in [0.1, 0.15) is 44.2 Å². The molecule has 0 radical (unpaired) electrons. The van der Waals surface area contributed by atoms with Crippen LogP contribution in [-0.4, -0.2) is 42.0 Å². The zero-order valence-corrected chi connectivity index (χ0v) is 17.0. The van der Waals surface area contributed by atoms with Crippen molar-refractivity contribution in [2.75, 3.05) is 13.2 Å². The van der Waals surface area contributed by atoms with Crippen molar-refractivity contribution in [3.8, 4) is 11.1 Å². The maximum Gasteiger partial charge on any atom is 0.411 e. The van der Waals surface area contributed by atoms with Crippen molar-refractivity contribution in [2.45, 2.75) is 44.9 Å². The molecule has 1 aliphatic carbocycles. The lowest BCUT2D eigenvalue weighted by atomic mass is 9.98. The lowest BCUT2D eigenvalue weighted by Gasteiger charge is -2.41. The maximum atomic E-state index is 12.4. The van der Waals surface area contributed by atoms with Gasteiger partial charge in [0.2, 0.25) is 0 Å². The Kier molecular flexibility index (Phi) is 4.94. The monoisotopic (exact) mass is 394 g/mol. The molecule has 2 aromatic rings. The molecule has 1 heterocycles. The highest BCUT2D eigenvalue weighted by molar-refractivity contribution is 5.79. The van der Waals surface area contributed by atoms with Crippen LogP contribution in [-0.2, 0) is 9.47 Å². The number of nitrogens with one attached hydrogen (secondary N) is 1. The lowest BCUT2D eigenvalue weighted by Crippen LogP contribution is -2.60. The Hall–Kier alpha value is -3.02. The Bertz CT molecular complexity index is 889. The summed E-state index contributed by atoms with van der Waals surface area (Å²) in [4.78, 5) is 26.1. The summed E-state index contributed by atoms with van der Waals surface area (Å²) < 4.78 is 10.9. The van der Waals surface area contributed by atoms with Gasteiger partial charge >= 0.3 is 12.2 Å². The molecule has 29 heavy (non-hydrogen) atoms. The fourth-order valence-electron chi connectivity index (χ4n) is 3.85. The van der Waals surface area contributed by atoms with Crippen molar-refractivity contribution in [2.24, 2.45) is 0 Å². The molecule has 1 saturated heterocycles. The number of hydrogen-bond acceptors (Lipinski definition) is 4. The van der Waals surface area contributed by atoms with E-state index in [9.17, 15) is 9.59 Å². The molecule has 1 fully saturated rings. The van der Waals surface area contributed by atoms with Gasteiger partial charge in [-0.25, -0.2) is 9.59 Å². The third kappa shape index (κ3) is 3.92. The minimum atomic E-state index is -0.568. The molecule has 6 heteroatoms. The van der Waals surface area contributed by atoms with E-state index in [0.717, 1.165) is 0 Å². The fourth-order valence-corrected chi connectivity index (χ4v) is 3.85. The van der Waals surface area contributed by atoms with E-state index in [4.69, 9.17) is 9.47 Å². The van der Waals surface area contributed by atoms with E-state index in [-0.39, 0.29) is 18.7 Å². The minimum absolute atomic E-state index is 0.0106. The number of hydrogen-bond donors (Lipinski definition) is 1. The number of rotatable bonds is 3. The number of alkyl carbamates (subject to hydrolysis) is 1. The Morgan fingerprint density at radius 2 is 1.62 bits per heavy atom. The first-order valence-electron chi connectivity index (χ1n) is 9.94. The standard InChI is InChI=1S/C23H26N2O4/c1-23(2,3)29-22(27)25-13-12-20(25)24-21(26)28-14-19-17-10-6-4-8-15(17)16-9-5-7-11-18(16)19/h4-11,19-20H,12-14H2,1-3H3,(H,24,26). The number of carbonyl (C=O) groups excluding carboxylic acids is 2. The molecule has 0 saturated carbocycles. The van der Waals surface area contributed by atoms with E-state index in [1.807, 2.05) is 45.0 Å². The first kappa shape index (κ1) is 19.3. The van der Waals surface area contributed by atoms with E-state index < -0.39 is 17.8 Å². The summed E-state index contributed by atoms with van der Waals surface area (Å²) >= 11 is 0. The second kappa shape index (κ2) is 7.43. The van der Waals surface area contributed by atoms with Crippen LogP contribution in [0.4, 0.5) is 9.59 Å². The smallest absolute Gasteiger partial charge is 0.411 e. The molecule has 1 atom stereocenters. The van der Waals surface area contributed by atoms with Crippen molar-refractivity contribution in [3.05, 3.63) is 59.7 Å². The summed E-state index contributed by atoms with van der Waals surface area (Å²) in [5.74, 6) is 0.0106. The average Bonchev–Trinajstić information content (AvgIpc) is 2.96. The number of carbonyl (C=O) groups is 2. The number of fused-ring (bicyclic) bond motifs is 3. The highest BCUT2D eigenvalue weighted by Gasteiger charge is 2.37. The molecule has 2 amide bonds. The van der Waals surface area contributed by atoms with Crippen molar-refractivity contribution in [1.82, 2.24) is 10.2 Å². The minimum Gasteiger partial charge on any atom is -0.449 e. The van der Waals surface area contributed by atoms with Crippen molar-refractivity contribution in [1.29, 1.82) is 0 Å². The number of likely N-dealkylation sites (tertiary alicyclic amines) is 1. The van der Waals surface area contributed by atoms with E-state index in [1.165, 1.54) is 27.2 Å². The van der Waals surface area contributed by atoms with Gasteiger partial charge in [0.1, 0.15) is 18.4 Å². The third-order valence-corrected chi connectivity index (χ3v) is 5.28. The van der Waals surface area contributed by atoms with E-state index in [0.29, 0.717) is 13.0 Å². The highest BCUT2D eigenvalue weighted by atomic mass is 16.6. The van der Waals surface area contributed by atoms with Crippen LogP contribution < -0.4 is 5.32 Å². The van der Waals surface area contributed by atoms with Gasteiger partial charge in [-0.05, 0) is 43.0 Å². The number of nitrogens with zero attached hydrogens (tertiary/aromatic N) is 1. The van der Waals surface area contributed by atoms with Crippen LogP contribution >= 0.6 is 0 Å². The van der Waals surface area contributed by atoms with Gasteiger partial charge in [0.05, 0.1) is 0 Å². The molecule has 0 spiro atoms. The third-order valence-electron chi connectivity index (χ3n) is 5.28. The van der Waals surface area contributed by atoms with Crippen LogP contribution in [0.15, 0.2) is 48.5 Å². The largest absolute Gasteiger partial charge is 0.449 e. The van der Waals surface area contributed by atoms with Crippen LogP contribution in [0, 0.1) is 0 Å². The molecule has 6 nitrogen and oxygen atoms in total. The zero-order valence-electron chi connectivity index (χ0n) is 17.0. The molecular formula is C23H26N2O4. The normalized spacial score (nSPS) is 17.8. The molecular weight excluding hydrogens is 368 g/mol. The molecule has 0 bridgehead atoms. The van der Waals surface area contributed by atoms with Crippen molar-refractivity contribution in [3.63, 3.8) is 0 Å². The fraction of sp³-hybridized carbons (Fsp3) is 0.391. The highest BCUT2D eigenvalue weighted by Crippen LogP contribution is 2.44. The quantitative estimate of drug-likeness (QED) is 0.833. The van der Waals surface area contributed by atoms with Gasteiger partial charge in [-0.3, -0.25) is 4.90 Å². The van der Waals surface area contributed by atoms with Crippen molar-refractivity contribution < 1.29 is 19.1 Å². The van der Waals surface area contributed by atoms with Gasteiger partial charge in [0.25, 0.3) is 0 Å². The summed E-state index contributed by atoms with van der Waals surface area (Å²) in [7, 11) is 0. The van der Waals surface area contributed by atoms with Gasteiger partial charge in [0, 0.05) is 18.9 Å². The predicted octanol–water partition coefficient (Wildman–Crippen LogP) is 4.49. The number of benzene rings is 2. The van der Waals surface area contributed by atoms with Crippen LogP contribution in [0.3, 0.4) is 0 Å². The summed E-state index contributed by atoms with van der Waals surface area (Å²) in [6.07, 6.45) is -0.651. The number of ether oxygens (including phenoxy) is 2. The molecule has 2 aliphatic rings. The molecule has 152 valence electrons. The van der Waals surface area contributed by atoms with E-state index in [2.05, 4.69) is 29.6 Å². The second-order valence-electron chi connectivity index (χ2n) is 8.45. The van der Waals surface area contributed by atoms with Crippen LogP contribution in [0.5, 0.6) is 0 Å². The predicted molar refractivity (Wildman–Crippen MR) is 110 cm³/mol. The molecule has 1 N–H and O–H groups in total. The average molecular weight is 394 g/mol. The van der Waals surface area contributed by atoms with E-state index in [1.54, 1.807) is 0 Å². The second-order valence-corrected chi connectivity index (χ2v) is 8.45. The summed E-state index contributed by atoms with van der Waals surface area (Å²) in [5, 5.41) is 2.77. The Balaban J connectivity index is 1.37. The zero-order chi connectivity index (χ0) is 20.6. The van der Waals surface area contributed by atoms with Gasteiger partial charge in [-0.2, -0.15) is 0 Å². The molecule has 1 aliphatic heterocycles. The molecule has 1 unspecified atom stereocenters. The Morgan fingerprint density at radius 3 is 2.14 bits per heavy atom. The molecule has 2 aromatic carbocycles. The summed E-state index contributed by atoms with van der Waals surface area (Å²) in [6, 6.07) is 16.4. The van der Waals surface area contributed by atoms with Crippen LogP contribution in [0.25, 0.3) is 11.1 Å². The van der Waals surface area contributed by atoms with Crippen LogP contribution in [0.2, 0.25) is 0 Å². The van der Waals surface area contributed by atoms with Gasteiger partial charge in [-0.15, -0.1) is 0 Å². The molecule has 0 aromatic heterocycles. The molecule has 4 rings (SSSR count). The van der Waals surface area contributed by atoms with Crippen molar-refractivity contribution >= 4 is 12.2 Å². The first-order chi connectivity index (χ1) is 13.8. The topological polar surface area (TPSA) is 67.9 Å². The SMILES string of the molecule is CC(C)(C)OC(=O)N1CCC1NC(=O)OCC1c2ccccc2-c2ccccc21. The summed E-state index contributed by atoms with van der Waals surface area (Å²) in [5.41, 5.74) is 4.14. The maximum absolute atomic E-state index is 12.4. The lowest BCUT2D eigenvalue weighted by molar-refractivity contribution is -0.0117. The first-order valence-corrected chi connectivity index (χ1v) is 9.94.